The molecule has 0 spiro atoms. The lowest BCUT2D eigenvalue weighted by Gasteiger charge is -2.02. The van der Waals surface area contributed by atoms with E-state index in [0.29, 0.717) is 6.54 Å². The first-order chi connectivity index (χ1) is 8.68. The summed E-state index contributed by atoms with van der Waals surface area (Å²) in [4.78, 5) is 3.31. The van der Waals surface area contributed by atoms with Crippen molar-refractivity contribution in [3.05, 3.63) is 35.0 Å². The summed E-state index contributed by atoms with van der Waals surface area (Å²) in [6.07, 6.45) is 2.65. The molecule has 5 heteroatoms. The fraction of sp³-hybridized carbons (Fsp3) is 0.385. The lowest BCUT2D eigenvalue weighted by atomic mass is 10.2. The van der Waals surface area contributed by atoms with E-state index in [9.17, 15) is 4.21 Å². The predicted octanol–water partition coefficient (Wildman–Crippen LogP) is 2.68. The zero-order valence-corrected chi connectivity index (χ0v) is 11.9. The average molecular weight is 285 g/mol. The molecule has 0 bridgehead atoms. The summed E-state index contributed by atoms with van der Waals surface area (Å²) in [5.41, 5.74) is 2.07. The van der Waals surface area contributed by atoms with Gasteiger partial charge in [-0.25, -0.2) is 0 Å². The molecule has 0 aliphatic heterocycles. The smallest absolute Gasteiger partial charge is 0.0705 e. The van der Waals surface area contributed by atoms with E-state index in [1.807, 2.05) is 24.3 Å². The average Bonchev–Trinajstić information content (AvgIpc) is 2.66. The maximum Gasteiger partial charge on any atom is 0.0705 e. The Morgan fingerprint density at radius 2 is 2.17 bits per heavy atom. The molecule has 98 valence electrons. The van der Waals surface area contributed by atoms with Crippen molar-refractivity contribution in [1.82, 2.24) is 10.3 Å². The predicted molar refractivity (Wildman–Crippen MR) is 78.6 cm³/mol. The molecule has 1 atom stereocenters. The first kappa shape index (κ1) is 13.6. The van der Waals surface area contributed by atoms with Crippen LogP contribution in [0.4, 0.5) is 0 Å². The van der Waals surface area contributed by atoms with Crippen molar-refractivity contribution in [3.8, 4) is 0 Å². The number of H-pyrrole nitrogens is 1. The third-order valence-corrected chi connectivity index (χ3v) is 4.10. The van der Waals surface area contributed by atoms with Crippen LogP contribution in [0.15, 0.2) is 24.3 Å². The number of aromatic nitrogens is 1. The lowest BCUT2D eigenvalue weighted by molar-refractivity contribution is 0.657. The highest BCUT2D eigenvalue weighted by Crippen LogP contribution is 2.26. The van der Waals surface area contributed by atoms with Gasteiger partial charge in [0.2, 0.25) is 0 Å². The maximum absolute atomic E-state index is 10.9. The van der Waals surface area contributed by atoms with Gasteiger partial charge in [-0.05, 0) is 19.0 Å². The van der Waals surface area contributed by atoms with Gasteiger partial charge in [0.25, 0.3) is 0 Å². The molecule has 0 radical (unpaired) electrons. The number of para-hydroxylation sites is 1. The van der Waals surface area contributed by atoms with Gasteiger partial charge in [0.1, 0.15) is 0 Å². The minimum Gasteiger partial charge on any atom is -0.356 e. The van der Waals surface area contributed by atoms with E-state index >= 15 is 0 Å². The van der Waals surface area contributed by atoms with Gasteiger partial charge in [0, 0.05) is 45.9 Å². The number of halogens is 1. The van der Waals surface area contributed by atoms with Crippen molar-refractivity contribution in [2.75, 3.05) is 18.6 Å². The highest BCUT2D eigenvalue weighted by atomic mass is 35.5. The summed E-state index contributed by atoms with van der Waals surface area (Å²) in [7, 11) is -0.704. The van der Waals surface area contributed by atoms with Crippen LogP contribution in [0.25, 0.3) is 10.9 Å². The van der Waals surface area contributed by atoms with Gasteiger partial charge in [0.05, 0.1) is 5.02 Å². The topological polar surface area (TPSA) is 44.9 Å². The van der Waals surface area contributed by atoms with Crippen LogP contribution in [0, 0.1) is 0 Å². The SMILES string of the molecule is CS(=O)CCCNCc1[nH]c2ccccc2c1Cl. The van der Waals surface area contributed by atoms with E-state index in [1.54, 1.807) is 6.26 Å². The van der Waals surface area contributed by atoms with Crippen LogP contribution >= 0.6 is 11.6 Å². The van der Waals surface area contributed by atoms with Crippen LogP contribution in [0.2, 0.25) is 5.02 Å². The third-order valence-electron chi connectivity index (χ3n) is 2.80. The van der Waals surface area contributed by atoms with Crippen LogP contribution in [-0.4, -0.2) is 27.7 Å². The van der Waals surface area contributed by atoms with Crippen LogP contribution < -0.4 is 5.32 Å². The summed E-state index contributed by atoms with van der Waals surface area (Å²) < 4.78 is 10.9. The number of fused-ring (bicyclic) bond motifs is 1. The highest BCUT2D eigenvalue weighted by Gasteiger charge is 2.07. The highest BCUT2D eigenvalue weighted by molar-refractivity contribution is 7.84. The molecule has 1 aromatic carbocycles. The molecular formula is C13H17ClN2OS. The number of aromatic amines is 1. The Balaban J connectivity index is 1.91. The first-order valence-electron chi connectivity index (χ1n) is 5.94. The molecule has 18 heavy (non-hydrogen) atoms. The molecule has 0 aliphatic rings. The Labute approximate surface area is 114 Å². The van der Waals surface area contributed by atoms with E-state index < -0.39 is 10.8 Å². The van der Waals surface area contributed by atoms with E-state index in [2.05, 4.69) is 10.3 Å². The number of nitrogens with one attached hydrogen (secondary N) is 2. The Morgan fingerprint density at radius 1 is 1.39 bits per heavy atom. The molecular weight excluding hydrogens is 268 g/mol. The van der Waals surface area contributed by atoms with Crippen LogP contribution in [0.1, 0.15) is 12.1 Å². The second-order valence-electron chi connectivity index (χ2n) is 4.27. The second-order valence-corrected chi connectivity index (χ2v) is 6.20. The van der Waals surface area contributed by atoms with Crippen LogP contribution in [-0.2, 0) is 17.3 Å². The van der Waals surface area contributed by atoms with Gasteiger partial charge in [0.15, 0.2) is 0 Å². The van der Waals surface area contributed by atoms with E-state index in [0.717, 1.165) is 40.3 Å². The van der Waals surface area contributed by atoms with E-state index in [-0.39, 0.29) is 0 Å². The lowest BCUT2D eigenvalue weighted by Crippen LogP contribution is -2.17. The van der Waals surface area contributed by atoms with Gasteiger partial charge >= 0.3 is 0 Å². The molecule has 0 aliphatic carbocycles. The van der Waals surface area contributed by atoms with Gasteiger partial charge in [-0.15, -0.1) is 0 Å². The summed E-state index contributed by atoms with van der Waals surface area (Å²) in [6, 6.07) is 8.00. The number of rotatable bonds is 6. The monoisotopic (exact) mass is 284 g/mol. The van der Waals surface area contributed by atoms with Crippen molar-refractivity contribution >= 4 is 33.3 Å². The van der Waals surface area contributed by atoms with Crippen molar-refractivity contribution < 1.29 is 4.21 Å². The molecule has 2 N–H and O–H groups in total. The normalized spacial score (nSPS) is 13.0. The molecule has 3 nitrogen and oxygen atoms in total. The molecule has 1 heterocycles. The Hall–Kier alpha value is -0.840. The van der Waals surface area contributed by atoms with E-state index in [1.165, 1.54) is 0 Å². The number of benzene rings is 1. The summed E-state index contributed by atoms with van der Waals surface area (Å²) in [5.74, 6) is 0.743. The third kappa shape index (κ3) is 3.34. The Bertz CT molecular complexity index is 553. The maximum atomic E-state index is 10.9. The van der Waals surface area contributed by atoms with Crippen molar-refractivity contribution in [3.63, 3.8) is 0 Å². The first-order valence-corrected chi connectivity index (χ1v) is 8.05. The zero-order valence-electron chi connectivity index (χ0n) is 10.3. The van der Waals surface area contributed by atoms with Gasteiger partial charge in [-0.1, -0.05) is 29.8 Å². The minimum atomic E-state index is -0.704. The Morgan fingerprint density at radius 3 is 2.89 bits per heavy atom. The molecule has 1 aromatic heterocycles. The Kier molecular flexibility index (Phi) is 4.80. The van der Waals surface area contributed by atoms with Crippen LogP contribution in [0.5, 0.6) is 0 Å². The quantitative estimate of drug-likeness (QED) is 0.801. The van der Waals surface area contributed by atoms with Crippen molar-refractivity contribution in [2.24, 2.45) is 0 Å². The van der Waals surface area contributed by atoms with Gasteiger partial charge < -0.3 is 10.3 Å². The number of hydrogen-bond acceptors (Lipinski definition) is 2. The fourth-order valence-electron chi connectivity index (χ4n) is 1.90. The minimum absolute atomic E-state index is 0.704. The van der Waals surface area contributed by atoms with Gasteiger partial charge in [-0.2, -0.15) is 0 Å². The molecule has 1 unspecified atom stereocenters. The standard InChI is InChI=1S/C13H17ClN2OS/c1-18(17)8-4-7-15-9-12-13(14)10-5-2-3-6-11(10)16-12/h2-3,5-6,15-16H,4,7-9H2,1H3. The summed E-state index contributed by atoms with van der Waals surface area (Å²) in [6.45, 7) is 1.56. The molecule has 2 aromatic rings. The summed E-state index contributed by atoms with van der Waals surface area (Å²) >= 11 is 6.30. The van der Waals surface area contributed by atoms with E-state index in [4.69, 9.17) is 11.6 Å². The van der Waals surface area contributed by atoms with Crippen molar-refractivity contribution in [2.45, 2.75) is 13.0 Å². The van der Waals surface area contributed by atoms with Crippen molar-refractivity contribution in [1.29, 1.82) is 0 Å². The molecule has 0 fully saturated rings. The molecule has 0 amide bonds. The summed E-state index contributed by atoms with van der Waals surface area (Å²) in [5, 5.41) is 5.16. The second kappa shape index (κ2) is 6.36. The zero-order chi connectivity index (χ0) is 13.0. The molecule has 0 saturated carbocycles. The number of hydrogen-bond donors (Lipinski definition) is 2. The van der Waals surface area contributed by atoms with Crippen LogP contribution in [0.3, 0.4) is 0 Å². The van der Waals surface area contributed by atoms with Gasteiger partial charge in [-0.3, -0.25) is 4.21 Å². The molecule has 0 saturated heterocycles. The largest absolute Gasteiger partial charge is 0.356 e. The fourth-order valence-corrected chi connectivity index (χ4v) is 2.73. The molecule has 2 rings (SSSR count).